The summed E-state index contributed by atoms with van der Waals surface area (Å²) >= 11 is 4.37. The number of pyridine rings is 1. The maximum atomic E-state index is 11.9. The van der Waals surface area contributed by atoms with Crippen LogP contribution >= 0.6 is 45.2 Å². The van der Waals surface area contributed by atoms with Crippen molar-refractivity contribution in [1.29, 1.82) is 0 Å². The number of fused-ring (bicyclic) bond motifs is 1. The predicted molar refractivity (Wildman–Crippen MR) is 117 cm³/mol. The van der Waals surface area contributed by atoms with E-state index in [1.165, 1.54) is 25.7 Å². The van der Waals surface area contributed by atoms with Crippen LogP contribution in [0.2, 0.25) is 0 Å². The SMILES string of the molecule is CCCCN(C=Nc1nc2c(cc1I)C=C(I)C(=O)C2)CCCC. The highest BCUT2D eigenvalue weighted by atomic mass is 127. The molecule has 0 N–H and O–H groups in total. The number of carbonyl (C=O) groups is 1. The van der Waals surface area contributed by atoms with Gasteiger partial charge in [0.25, 0.3) is 0 Å². The van der Waals surface area contributed by atoms with Crippen molar-refractivity contribution in [2.75, 3.05) is 13.1 Å². The van der Waals surface area contributed by atoms with Crippen molar-refractivity contribution in [3.8, 4) is 0 Å². The van der Waals surface area contributed by atoms with Crippen LogP contribution in [0.4, 0.5) is 5.82 Å². The van der Waals surface area contributed by atoms with E-state index in [-0.39, 0.29) is 5.78 Å². The number of hydrogen-bond donors (Lipinski definition) is 0. The molecule has 0 saturated heterocycles. The number of aromatic nitrogens is 1. The maximum absolute atomic E-state index is 11.9. The second-order valence-electron chi connectivity index (χ2n) is 5.91. The van der Waals surface area contributed by atoms with E-state index in [2.05, 4.69) is 80.0 Å². The summed E-state index contributed by atoms with van der Waals surface area (Å²) in [6.45, 7) is 6.46. The molecule has 0 unspecified atom stereocenters. The van der Waals surface area contributed by atoms with Crippen molar-refractivity contribution in [2.45, 2.75) is 46.0 Å². The molecule has 1 aromatic heterocycles. The van der Waals surface area contributed by atoms with E-state index in [0.29, 0.717) is 12.2 Å². The van der Waals surface area contributed by atoms with Gasteiger partial charge in [0.15, 0.2) is 11.6 Å². The van der Waals surface area contributed by atoms with Gasteiger partial charge in [-0.05, 0) is 75.7 Å². The fourth-order valence-electron chi connectivity index (χ4n) is 2.43. The number of halogens is 2. The Morgan fingerprint density at radius 1 is 1.25 bits per heavy atom. The number of allylic oxidation sites excluding steroid dienone is 1. The van der Waals surface area contributed by atoms with E-state index in [4.69, 9.17) is 0 Å². The minimum absolute atomic E-state index is 0.138. The van der Waals surface area contributed by atoms with Crippen LogP contribution in [-0.2, 0) is 11.2 Å². The molecule has 0 aliphatic heterocycles. The average molecular weight is 551 g/mol. The number of ketones is 1. The van der Waals surface area contributed by atoms with E-state index in [1.54, 1.807) is 0 Å². The summed E-state index contributed by atoms with van der Waals surface area (Å²) in [6, 6.07) is 2.07. The molecule has 1 aromatic rings. The van der Waals surface area contributed by atoms with Crippen LogP contribution < -0.4 is 0 Å². The molecular weight excluding hydrogens is 528 g/mol. The van der Waals surface area contributed by atoms with Gasteiger partial charge < -0.3 is 4.90 Å². The van der Waals surface area contributed by atoms with E-state index in [0.717, 1.165) is 31.5 Å². The van der Waals surface area contributed by atoms with Crippen molar-refractivity contribution in [2.24, 2.45) is 4.99 Å². The van der Waals surface area contributed by atoms with Gasteiger partial charge >= 0.3 is 0 Å². The van der Waals surface area contributed by atoms with Gasteiger partial charge in [0, 0.05) is 13.1 Å². The van der Waals surface area contributed by atoms with Gasteiger partial charge in [-0.25, -0.2) is 9.98 Å². The quantitative estimate of drug-likeness (QED) is 0.255. The number of unbranched alkanes of at least 4 members (excludes halogenated alkanes) is 2. The summed E-state index contributed by atoms with van der Waals surface area (Å²) in [5.74, 6) is 0.852. The molecule has 1 heterocycles. The molecule has 0 bridgehead atoms. The Morgan fingerprint density at radius 2 is 1.92 bits per heavy atom. The smallest absolute Gasteiger partial charge is 0.174 e. The summed E-state index contributed by atoms with van der Waals surface area (Å²) in [5, 5.41) is 0. The Morgan fingerprint density at radius 3 is 2.54 bits per heavy atom. The molecule has 24 heavy (non-hydrogen) atoms. The third-order valence-corrected chi connectivity index (χ3v) is 5.59. The lowest BCUT2D eigenvalue weighted by Gasteiger charge is -2.19. The Labute approximate surface area is 171 Å². The highest BCUT2D eigenvalue weighted by Crippen LogP contribution is 2.29. The Balaban J connectivity index is 2.19. The Bertz CT molecular complexity index is 648. The van der Waals surface area contributed by atoms with Crippen LogP contribution in [0.1, 0.15) is 50.8 Å². The first-order valence-corrected chi connectivity index (χ1v) is 10.6. The molecule has 130 valence electrons. The molecule has 2 rings (SSSR count). The predicted octanol–water partition coefficient (Wildman–Crippen LogP) is 5.15. The minimum atomic E-state index is 0.138. The van der Waals surface area contributed by atoms with Crippen LogP contribution in [0, 0.1) is 3.57 Å². The second kappa shape index (κ2) is 9.84. The topological polar surface area (TPSA) is 45.6 Å². The number of carbonyl (C=O) groups excluding carboxylic acids is 1. The Kier molecular flexibility index (Phi) is 8.12. The van der Waals surface area contributed by atoms with Gasteiger partial charge in [-0.15, -0.1) is 0 Å². The number of aliphatic imine (C=N–C) groups is 1. The van der Waals surface area contributed by atoms with Crippen molar-refractivity contribution >= 4 is 69.2 Å². The molecule has 1 aliphatic rings. The molecule has 0 spiro atoms. The molecule has 4 nitrogen and oxygen atoms in total. The van der Waals surface area contributed by atoms with Crippen LogP contribution in [0.3, 0.4) is 0 Å². The summed E-state index contributed by atoms with van der Waals surface area (Å²) in [7, 11) is 0. The maximum Gasteiger partial charge on any atom is 0.174 e. The van der Waals surface area contributed by atoms with Gasteiger partial charge in [-0.1, -0.05) is 26.7 Å². The first-order valence-electron chi connectivity index (χ1n) is 8.43. The molecule has 1 aliphatic carbocycles. The molecular formula is C18H23I2N3O. The summed E-state index contributed by atoms with van der Waals surface area (Å²) < 4.78 is 1.79. The third kappa shape index (κ3) is 5.50. The lowest BCUT2D eigenvalue weighted by atomic mass is 10.0. The summed E-state index contributed by atoms with van der Waals surface area (Å²) in [4.78, 5) is 23.4. The lowest BCUT2D eigenvalue weighted by Crippen LogP contribution is -2.24. The number of rotatable bonds is 8. The molecule has 0 amide bonds. The van der Waals surface area contributed by atoms with E-state index < -0.39 is 0 Å². The van der Waals surface area contributed by atoms with Crippen molar-refractivity contribution in [3.05, 3.63) is 24.5 Å². The van der Waals surface area contributed by atoms with Crippen molar-refractivity contribution < 1.29 is 4.79 Å². The summed E-state index contributed by atoms with van der Waals surface area (Å²) in [6.07, 6.45) is 8.91. The fraction of sp³-hybridized carbons (Fsp3) is 0.500. The first-order chi connectivity index (χ1) is 11.5. The minimum Gasteiger partial charge on any atom is -0.363 e. The standard InChI is InChI=1S/C18H23I2N3O/c1-3-5-7-23(8-6-4-2)12-21-18-15(20)10-13-9-14(19)17(24)11-16(13)22-18/h9-10,12H,3-8,11H2,1-2H3. The van der Waals surface area contributed by atoms with Gasteiger partial charge in [0.2, 0.25) is 0 Å². The zero-order valence-electron chi connectivity index (χ0n) is 14.2. The number of nitrogens with zero attached hydrogens (tertiary/aromatic N) is 3. The number of Topliss-reactive ketones (excluding diaryl/α,β-unsaturated/α-hetero) is 1. The van der Waals surface area contributed by atoms with Crippen LogP contribution in [0.15, 0.2) is 14.6 Å². The Hall–Kier alpha value is -0.510. The fourth-order valence-corrected chi connectivity index (χ4v) is 3.55. The van der Waals surface area contributed by atoms with Gasteiger partial charge in [0.1, 0.15) is 0 Å². The zero-order valence-corrected chi connectivity index (χ0v) is 18.5. The molecule has 0 saturated carbocycles. The summed E-state index contributed by atoms with van der Waals surface area (Å²) in [5.41, 5.74) is 1.87. The molecule has 0 fully saturated rings. The number of hydrogen-bond acceptors (Lipinski definition) is 3. The highest BCUT2D eigenvalue weighted by molar-refractivity contribution is 14.1. The van der Waals surface area contributed by atoms with Crippen molar-refractivity contribution in [3.63, 3.8) is 0 Å². The van der Waals surface area contributed by atoms with E-state index in [9.17, 15) is 4.79 Å². The zero-order chi connectivity index (χ0) is 17.5. The molecule has 6 heteroatoms. The average Bonchev–Trinajstić information content (AvgIpc) is 2.56. The monoisotopic (exact) mass is 551 g/mol. The van der Waals surface area contributed by atoms with E-state index in [1.807, 2.05) is 12.4 Å². The first kappa shape index (κ1) is 19.8. The van der Waals surface area contributed by atoms with Crippen LogP contribution in [0.5, 0.6) is 0 Å². The van der Waals surface area contributed by atoms with Crippen molar-refractivity contribution in [1.82, 2.24) is 9.88 Å². The third-order valence-electron chi connectivity index (χ3n) is 3.89. The molecule has 0 aromatic carbocycles. The van der Waals surface area contributed by atoms with Gasteiger partial charge in [0.05, 0.1) is 25.6 Å². The lowest BCUT2D eigenvalue weighted by molar-refractivity contribution is -0.114. The van der Waals surface area contributed by atoms with Gasteiger partial charge in [-0.3, -0.25) is 4.79 Å². The highest BCUT2D eigenvalue weighted by Gasteiger charge is 2.19. The van der Waals surface area contributed by atoms with Crippen LogP contribution in [0.25, 0.3) is 6.08 Å². The molecule has 0 atom stereocenters. The largest absolute Gasteiger partial charge is 0.363 e. The normalized spacial score (nSPS) is 14.0. The van der Waals surface area contributed by atoms with Crippen LogP contribution in [-0.4, -0.2) is 35.1 Å². The second-order valence-corrected chi connectivity index (χ2v) is 8.23. The molecule has 0 radical (unpaired) electrons. The van der Waals surface area contributed by atoms with E-state index >= 15 is 0 Å². The van der Waals surface area contributed by atoms with Gasteiger partial charge in [-0.2, -0.15) is 0 Å².